The fraction of sp³-hybridized carbons (Fsp3) is 0.433. The van der Waals surface area contributed by atoms with E-state index in [1.807, 2.05) is 24.3 Å². The van der Waals surface area contributed by atoms with Crippen molar-refractivity contribution in [1.29, 1.82) is 0 Å². The van der Waals surface area contributed by atoms with E-state index in [2.05, 4.69) is 16.0 Å². The van der Waals surface area contributed by atoms with Crippen LogP contribution in [0.1, 0.15) is 56.7 Å². The van der Waals surface area contributed by atoms with Gasteiger partial charge in [0.1, 0.15) is 17.7 Å². The average molecular weight is 601 g/mol. The van der Waals surface area contributed by atoms with Crippen LogP contribution in [0.25, 0.3) is 0 Å². The quantitative estimate of drug-likeness (QED) is 0.323. The van der Waals surface area contributed by atoms with Gasteiger partial charge in [0.15, 0.2) is 0 Å². The smallest absolute Gasteiger partial charge is 0.407 e. The molecule has 0 fully saturated rings. The standard InChI is InChI=1S/C30H37ClN4O7/c1-18-15-21(9-10-22(18)31)33-27(39)23(13-14-32-29(41)42-30(2,3)4)34-28(40)24-16-19-7-5-6-8-20(19)17-35(24)25(36)11-12-26(37)38/h5-10,15,23-24H,11-14,16-17H2,1-4H3,(H,32,41)(H,33,39)(H,34,40)(H,37,38)/t23-,24-/m0/s1. The Morgan fingerprint density at radius 3 is 2.40 bits per heavy atom. The summed E-state index contributed by atoms with van der Waals surface area (Å²) in [5.41, 5.74) is 2.25. The molecule has 1 heterocycles. The Balaban J connectivity index is 1.80. The molecule has 1 aliphatic rings. The first-order valence-electron chi connectivity index (χ1n) is 13.7. The van der Waals surface area contributed by atoms with Gasteiger partial charge in [0, 0.05) is 36.6 Å². The van der Waals surface area contributed by atoms with Crippen LogP contribution in [0.3, 0.4) is 0 Å². The molecule has 4 amide bonds. The number of ether oxygens (including phenoxy) is 1. The minimum absolute atomic E-state index is 0.0156. The second kappa shape index (κ2) is 14.2. The number of fused-ring (bicyclic) bond motifs is 1. The van der Waals surface area contributed by atoms with E-state index in [-0.39, 0.29) is 38.8 Å². The minimum atomic E-state index is -1.12. The highest BCUT2D eigenvalue weighted by molar-refractivity contribution is 6.31. The van der Waals surface area contributed by atoms with Gasteiger partial charge < -0.3 is 30.7 Å². The largest absolute Gasteiger partial charge is 0.481 e. The lowest BCUT2D eigenvalue weighted by Crippen LogP contribution is -2.56. The number of carboxylic acids is 1. The van der Waals surface area contributed by atoms with Gasteiger partial charge in [-0.25, -0.2) is 4.79 Å². The lowest BCUT2D eigenvalue weighted by molar-refractivity contribution is -0.145. The maximum atomic E-state index is 13.7. The summed E-state index contributed by atoms with van der Waals surface area (Å²) in [5, 5.41) is 17.7. The number of aryl methyl sites for hydroxylation is 1. The van der Waals surface area contributed by atoms with Gasteiger partial charge in [-0.3, -0.25) is 19.2 Å². The first-order valence-corrected chi connectivity index (χ1v) is 14.0. The van der Waals surface area contributed by atoms with Crippen molar-refractivity contribution in [1.82, 2.24) is 15.5 Å². The van der Waals surface area contributed by atoms with Gasteiger partial charge >= 0.3 is 12.1 Å². The summed E-state index contributed by atoms with van der Waals surface area (Å²) >= 11 is 6.11. The molecule has 12 heteroatoms. The van der Waals surface area contributed by atoms with Crippen molar-refractivity contribution in [2.24, 2.45) is 0 Å². The second-order valence-corrected chi connectivity index (χ2v) is 11.5. The number of carbonyl (C=O) groups excluding carboxylic acids is 4. The van der Waals surface area contributed by atoms with Crippen LogP contribution in [0.5, 0.6) is 0 Å². The number of halogens is 1. The van der Waals surface area contributed by atoms with Crippen LogP contribution in [0, 0.1) is 6.92 Å². The maximum absolute atomic E-state index is 13.7. The molecule has 3 rings (SSSR count). The monoisotopic (exact) mass is 600 g/mol. The zero-order valence-corrected chi connectivity index (χ0v) is 24.9. The zero-order valence-electron chi connectivity index (χ0n) is 24.2. The number of hydrogen-bond acceptors (Lipinski definition) is 6. The number of nitrogens with zero attached hydrogens (tertiary/aromatic N) is 1. The molecule has 0 aromatic heterocycles. The van der Waals surface area contributed by atoms with Gasteiger partial charge in [0.05, 0.1) is 6.42 Å². The number of benzene rings is 2. The molecule has 11 nitrogen and oxygen atoms in total. The third-order valence-electron chi connectivity index (χ3n) is 6.58. The zero-order chi connectivity index (χ0) is 31.0. The van der Waals surface area contributed by atoms with Crippen molar-refractivity contribution in [3.8, 4) is 0 Å². The van der Waals surface area contributed by atoms with Crippen molar-refractivity contribution >= 4 is 47.1 Å². The Bertz CT molecular complexity index is 1340. The summed E-state index contributed by atoms with van der Waals surface area (Å²) < 4.78 is 5.25. The van der Waals surface area contributed by atoms with E-state index in [9.17, 15) is 24.0 Å². The fourth-order valence-corrected chi connectivity index (χ4v) is 4.62. The van der Waals surface area contributed by atoms with Crippen LogP contribution < -0.4 is 16.0 Å². The summed E-state index contributed by atoms with van der Waals surface area (Å²) in [7, 11) is 0. The normalized spacial score (nSPS) is 15.2. The van der Waals surface area contributed by atoms with Crippen LogP contribution in [-0.4, -0.2) is 64.0 Å². The highest BCUT2D eigenvalue weighted by Crippen LogP contribution is 2.25. The summed E-state index contributed by atoms with van der Waals surface area (Å²) in [6.07, 6.45) is -1.07. The summed E-state index contributed by atoms with van der Waals surface area (Å²) in [6, 6.07) is 10.3. The van der Waals surface area contributed by atoms with Crippen molar-refractivity contribution in [3.63, 3.8) is 0 Å². The summed E-state index contributed by atoms with van der Waals surface area (Å²) in [5.74, 6) is -2.70. The summed E-state index contributed by atoms with van der Waals surface area (Å²) in [6.45, 7) is 7.11. The van der Waals surface area contributed by atoms with Crippen molar-refractivity contribution < 1.29 is 33.8 Å². The number of carbonyl (C=O) groups is 5. The van der Waals surface area contributed by atoms with Crippen LogP contribution in [0.2, 0.25) is 5.02 Å². The molecule has 0 saturated heterocycles. The van der Waals surface area contributed by atoms with Crippen molar-refractivity contribution in [3.05, 3.63) is 64.2 Å². The predicted molar refractivity (Wildman–Crippen MR) is 157 cm³/mol. The summed E-state index contributed by atoms with van der Waals surface area (Å²) in [4.78, 5) is 64.7. The first kappa shape index (κ1) is 32.4. The number of aliphatic carboxylic acids is 1. The highest BCUT2D eigenvalue weighted by atomic mass is 35.5. The molecule has 2 aromatic carbocycles. The van der Waals surface area contributed by atoms with Crippen molar-refractivity contribution in [2.45, 2.75) is 77.6 Å². The van der Waals surface area contributed by atoms with E-state index in [1.165, 1.54) is 4.90 Å². The number of nitrogens with one attached hydrogen (secondary N) is 3. The van der Waals surface area contributed by atoms with E-state index in [1.54, 1.807) is 45.9 Å². The Kier molecular flexibility index (Phi) is 10.9. The fourth-order valence-electron chi connectivity index (χ4n) is 4.50. The molecule has 0 saturated carbocycles. The molecule has 2 aromatic rings. The predicted octanol–water partition coefficient (Wildman–Crippen LogP) is 3.80. The number of carboxylic acid groups (broad SMARTS) is 1. The molecule has 0 radical (unpaired) electrons. The van der Waals surface area contributed by atoms with Gasteiger partial charge in [0.25, 0.3) is 0 Å². The molecule has 4 N–H and O–H groups in total. The molecule has 1 aliphatic heterocycles. The SMILES string of the molecule is Cc1cc(NC(=O)[C@H](CCNC(=O)OC(C)(C)C)NC(=O)[C@@H]2Cc3ccccc3CN2C(=O)CCC(=O)O)ccc1Cl. The Labute approximate surface area is 249 Å². The Morgan fingerprint density at radius 2 is 1.76 bits per heavy atom. The molecule has 0 bridgehead atoms. The van der Waals surface area contributed by atoms with E-state index in [0.29, 0.717) is 10.7 Å². The molecule has 0 spiro atoms. The van der Waals surface area contributed by atoms with Gasteiger partial charge in [-0.15, -0.1) is 0 Å². The molecular weight excluding hydrogens is 564 g/mol. The number of hydrogen-bond donors (Lipinski definition) is 4. The lowest BCUT2D eigenvalue weighted by Gasteiger charge is -2.36. The number of rotatable bonds is 10. The maximum Gasteiger partial charge on any atom is 0.407 e. The molecule has 0 unspecified atom stereocenters. The van der Waals surface area contributed by atoms with E-state index in [0.717, 1.165) is 16.7 Å². The third kappa shape index (κ3) is 9.47. The molecule has 42 heavy (non-hydrogen) atoms. The van der Waals surface area contributed by atoms with Crippen LogP contribution >= 0.6 is 11.6 Å². The molecular formula is C30H37ClN4O7. The minimum Gasteiger partial charge on any atom is -0.481 e. The lowest BCUT2D eigenvalue weighted by atomic mass is 9.92. The van der Waals surface area contributed by atoms with E-state index in [4.69, 9.17) is 21.4 Å². The highest BCUT2D eigenvalue weighted by Gasteiger charge is 2.36. The van der Waals surface area contributed by atoms with Gasteiger partial charge in [0.2, 0.25) is 17.7 Å². The van der Waals surface area contributed by atoms with Gasteiger partial charge in [-0.1, -0.05) is 35.9 Å². The van der Waals surface area contributed by atoms with Gasteiger partial charge in [-0.2, -0.15) is 0 Å². The van der Waals surface area contributed by atoms with Crippen molar-refractivity contribution in [2.75, 3.05) is 11.9 Å². The number of anilines is 1. The number of alkyl carbamates (subject to hydrolysis) is 1. The van der Waals surface area contributed by atoms with Crippen LogP contribution in [0.4, 0.5) is 10.5 Å². The van der Waals surface area contributed by atoms with Crippen LogP contribution in [-0.2, 0) is 36.9 Å². The Morgan fingerprint density at radius 1 is 1.07 bits per heavy atom. The topological polar surface area (TPSA) is 154 Å². The average Bonchev–Trinajstić information content (AvgIpc) is 2.91. The first-order chi connectivity index (χ1) is 19.7. The third-order valence-corrected chi connectivity index (χ3v) is 7.01. The van der Waals surface area contributed by atoms with E-state index < -0.39 is 47.5 Å². The molecule has 226 valence electrons. The van der Waals surface area contributed by atoms with E-state index >= 15 is 0 Å². The van der Waals surface area contributed by atoms with Crippen LogP contribution in [0.15, 0.2) is 42.5 Å². The van der Waals surface area contributed by atoms with Gasteiger partial charge in [-0.05, 0) is 69.0 Å². The molecule has 2 atom stereocenters. The number of amides is 4. The Hall–Kier alpha value is -4.12. The second-order valence-electron chi connectivity index (χ2n) is 11.1. The molecule has 0 aliphatic carbocycles.